The monoisotopic (exact) mass is 413 g/mol. The summed E-state index contributed by atoms with van der Waals surface area (Å²) in [7, 11) is 0. The number of pyridine rings is 1. The second-order valence-electron chi connectivity index (χ2n) is 6.67. The van der Waals surface area contributed by atoms with Gasteiger partial charge in [0.1, 0.15) is 11.2 Å². The predicted octanol–water partition coefficient (Wildman–Crippen LogP) is 4.46. The molecule has 1 aliphatic heterocycles. The lowest BCUT2D eigenvalue weighted by atomic mass is 10.1. The first kappa shape index (κ1) is 17.1. The van der Waals surface area contributed by atoms with Crippen molar-refractivity contribution in [1.82, 2.24) is 14.5 Å². The van der Waals surface area contributed by atoms with Crippen LogP contribution in [0.5, 0.6) is 0 Å². The van der Waals surface area contributed by atoms with E-state index in [2.05, 4.69) is 37.7 Å². The van der Waals surface area contributed by atoms with Crippen LogP contribution in [0.1, 0.15) is 12.0 Å². The van der Waals surface area contributed by atoms with Crippen LogP contribution in [0.25, 0.3) is 10.9 Å². The summed E-state index contributed by atoms with van der Waals surface area (Å²) in [6.45, 7) is 2.69. The molecule has 134 valence electrons. The van der Waals surface area contributed by atoms with Gasteiger partial charge in [0, 0.05) is 31.2 Å². The van der Waals surface area contributed by atoms with E-state index in [1.807, 2.05) is 47.5 Å². The van der Waals surface area contributed by atoms with Crippen molar-refractivity contribution in [3.63, 3.8) is 0 Å². The fraction of sp³-hybridized carbons (Fsp3) is 0.300. The number of fused-ring (bicyclic) bond motifs is 1. The molecule has 2 aromatic heterocycles. The van der Waals surface area contributed by atoms with E-state index in [0.29, 0.717) is 12.5 Å². The Balaban J connectivity index is 1.33. The normalized spacial score (nSPS) is 17.0. The summed E-state index contributed by atoms with van der Waals surface area (Å²) in [5.41, 5.74) is 2.13. The standard InChI is InChI=1S/C20H20BrN3O2/c21-19-10-17-7-9-23(18(17)11-22-19)12-16-6-8-24(13-16)20(25)26-14-15-4-2-1-3-5-15/h1-5,7,9-11,16H,6,8,12-14H2. The van der Waals surface area contributed by atoms with Gasteiger partial charge in [-0.2, -0.15) is 0 Å². The summed E-state index contributed by atoms with van der Waals surface area (Å²) in [5, 5.41) is 1.17. The van der Waals surface area contributed by atoms with E-state index in [4.69, 9.17) is 4.74 Å². The molecule has 1 atom stereocenters. The van der Waals surface area contributed by atoms with Gasteiger partial charge in [0.25, 0.3) is 0 Å². The van der Waals surface area contributed by atoms with Gasteiger partial charge < -0.3 is 14.2 Å². The van der Waals surface area contributed by atoms with Crippen molar-refractivity contribution in [1.29, 1.82) is 0 Å². The van der Waals surface area contributed by atoms with Gasteiger partial charge in [0.15, 0.2) is 0 Å². The first-order valence-electron chi connectivity index (χ1n) is 8.75. The highest BCUT2D eigenvalue weighted by molar-refractivity contribution is 9.10. The van der Waals surface area contributed by atoms with E-state index in [1.54, 1.807) is 0 Å². The first-order valence-corrected chi connectivity index (χ1v) is 9.54. The Kier molecular flexibility index (Phi) is 4.93. The molecule has 1 amide bonds. The van der Waals surface area contributed by atoms with Crippen LogP contribution >= 0.6 is 15.9 Å². The fourth-order valence-corrected chi connectivity index (χ4v) is 3.81. The molecular weight excluding hydrogens is 394 g/mol. The summed E-state index contributed by atoms with van der Waals surface area (Å²) in [6, 6.07) is 13.9. The minimum absolute atomic E-state index is 0.223. The summed E-state index contributed by atoms with van der Waals surface area (Å²) in [4.78, 5) is 18.4. The lowest BCUT2D eigenvalue weighted by Crippen LogP contribution is -2.29. The number of likely N-dealkylation sites (tertiary alicyclic amines) is 1. The molecule has 0 radical (unpaired) electrons. The molecular formula is C20H20BrN3O2. The second-order valence-corrected chi connectivity index (χ2v) is 7.49. The zero-order chi connectivity index (χ0) is 17.9. The van der Waals surface area contributed by atoms with Crippen LogP contribution in [0, 0.1) is 5.92 Å². The lowest BCUT2D eigenvalue weighted by Gasteiger charge is -2.17. The molecule has 1 fully saturated rings. The highest BCUT2D eigenvalue weighted by Crippen LogP contribution is 2.24. The largest absolute Gasteiger partial charge is 0.445 e. The van der Waals surface area contributed by atoms with E-state index in [0.717, 1.165) is 41.7 Å². The molecule has 26 heavy (non-hydrogen) atoms. The molecule has 0 bridgehead atoms. The van der Waals surface area contributed by atoms with E-state index in [9.17, 15) is 4.79 Å². The Morgan fingerprint density at radius 2 is 2.12 bits per heavy atom. The van der Waals surface area contributed by atoms with Gasteiger partial charge in [0.2, 0.25) is 0 Å². The van der Waals surface area contributed by atoms with Gasteiger partial charge >= 0.3 is 6.09 Å². The maximum absolute atomic E-state index is 12.3. The summed E-state index contributed by atoms with van der Waals surface area (Å²) >= 11 is 3.41. The third-order valence-electron chi connectivity index (χ3n) is 4.83. The molecule has 0 aliphatic carbocycles. The van der Waals surface area contributed by atoms with Crippen LogP contribution < -0.4 is 0 Å². The summed E-state index contributed by atoms with van der Waals surface area (Å²) in [5.74, 6) is 0.429. The SMILES string of the molecule is O=C(OCc1ccccc1)N1CCC(Cn2ccc3cc(Br)ncc32)C1. The number of amides is 1. The molecule has 0 saturated carbocycles. The molecule has 4 rings (SSSR count). The van der Waals surface area contributed by atoms with Crippen LogP contribution in [-0.4, -0.2) is 33.6 Å². The number of halogens is 1. The average molecular weight is 414 g/mol. The lowest BCUT2D eigenvalue weighted by molar-refractivity contribution is 0.103. The zero-order valence-corrected chi connectivity index (χ0v) is 15.9. The molecule has 1 aliphatic rings. The van der Waals surface area contributed by atoms with Gasteiger partial charge in [-0.15, -0.1) is 0 Å². The Morgan fingerprint density at radius 1 is 1.27 bits per heavy atom. The smallest absolute Gasteiger partial charge is 0.410 e. The fourth-order valence-electron chi connectivity index (χ4n) is 3.46. The van der Waals surface area contributed by atoms with Crippen molar-refractivity contribution >= 4 is 32.9 Å². The number of rotatable bonds is 4. The molecule has 1 aromatic carbocycles. The quantitative estimate of drug-likeness (QED) is 0.593. The highest BCUT2D eigenvalue weighted by Gasteiger charge is 2.27. The maximum atomic E-state index is 12.3. The Labute approximate surface area is 160 Å². The van der Waals surface area contributed by atoms with Crippen molar-refractivity contribution in [2.75, 3.05) is 13.1 Å². The third-order valence-corrected chi connectivity index (χ3v) is 5.26. The summed E-state index contributed by atoms with van der Waals surface area (Å²) in [6.07, 6.45) is 4.75. The molecule has 1 saturated heterocycles. The predicted molar refractivity (Wildman–Crippen MR) is 104 cm³/mol. The molecule has 5 nitrogen and oxygen atoms in total. The number of hydrogen-bond donors (Lipinski definition) is 0. The Morgan fingerprint density at radius 3 is 2.96 bits per heavy atom. The Hall–Kier alpha value is -2.34. The number of ether oxygens (including phenoxy) is 1. The van der Waals surface area contributed by atoms with Crippen molar-refractivity contribution in [2.24, 2.45) is 5.92 Å². The average Bonchev–Trinajstić information content (AvgIpc) is 3.28. The summed E-state index contributed by atoms with van der Waals surface area (Å²) < 4.78 is 8.51. The van der Waals surface area contributed by atoms with E-state index >= 15 is 0 Å². The van der Waals surface area contributed by atoms with Gasteiger partial charge in [-0.25, -0.2) is 9.78 Å². The number of carbonyl (C=O) groups is 1. The van der Waals surface area contributed by atoms with Crippen molar-refractivity contribution in [3.8, 4) is 0 Å². The van der Waals surface area contributed by atoms with E-state index < -0.39 is 0 Å². The molecule has 1 unspecified atom stereocenters. The van der Waals surface area contributed by atoms with Crippen LogP contribution in [0.2, 0.25) is 0 Å². The van der Waals surface area contributed by atoms with E-state index in [1.165, 1.54) is 5.39 Å². The van der Waals surface area contributed by atoms with Crippen molar-refractivity contribution < 1.29 is 9.53 Å². The van der Waals surface area contributed by atoms with Crippen LogP contribution in [-0.2, 0) is 17.9 Å². The first-order chi connectivity index (χ1) is 12.7. The number of aromatic nitrogens is 2. The van der Waals surface area contributed by atoms with Gasteiger partial charge in [-0.3, -0.25) is 0 Å². The highest BCUT2D eigenvalue weighted by atomic mass is 79.9. The number of hydrogen-bond acceptors (Lipinski definition) is 3. The van der Waals surface area contributed by atoms with Gasteiger partial charge in [0.05, 0.1) is 11.7 Å². The second kappa shape index (κ2) is 7.50. The van der Waals surface area contributed by atoms with Crippen LogP contribution in [0.15, 0.2) is 59.5 Å². The molecule has 6 heteroatoms. The number of carbonyl (C=O) groups excluding carboxylic acids is 1. The molecule has 3 heterocycles. The minimum Gasteiger partial charge on any atom is -0.445 e. The number of benzene rings is 1. The zero-order valence-electron chi connectivity index (χ0n) is 14.3. The molecule has 3 aromatic rings. The van der Waals surface area contributed by atoms with Gasteiger partial charge in [-0.1, -0.05) is 30.3 Å². The van der Waals surface area contributed by atoms with Crippen LogP contribution in [0.4, 0.5) is 4.79 Å². The van der Waals surface area contributed by atoms with E-state index in [-0.39, 0.29) is 6.09 Å². The molecule has 0 spiro atoms. The number of nitrogens with zero attached hydrogens (tertiary/aromatic N) is 3. The van der Waals surface area contributed by atoms with Crippen molar-refractivity contribution in [2.45, 2.75) is 19.6 Å². The molecule has 0 N–H and O–H groups in total. The van der Waals surface area contributed by atoms with Crippen LogP contribution in [0.3, 0.4) is 0 Å². The van der Waals surface area contributed by atoms with Gasteiger partial charge in [-0.05, 0) is 46.0 Å². The maximum Gasteiger partial charge on any atom is 0.410 e. The minimum atomic E-state index is -0.223. The third kappa shape index (κ3) is 3.75. The Bertz CT molecular complexity index is 910. The van der Waals surface area contributed by atoms with Crippen molar-refractivity contribution in [3.05, 3.63) is 65.0 Å². The topological polar surface area (TPSA) is 47.4 Å².